The monoisotopic (exact) mass is 388 g/mol. The lowest BCUT2D eigenvalue weighted by Crippen LogP contribution is -2.49. The molecule has 0 radical (unpaired) electrons. The summed E-state index contributed by atoms with van der Waals surface area (Å²) in [6.07, 6.45) is -0.621. The highest BCUT2D eigenvalue weighted by atomic mass is 19.1. The molecule has 0 spiro atoms. The molecular weight excluding hydrogens is 363 g/mol. The van der Waals surface area contributed by atoms with Crippen LogP contribution in [0.25, 0.3) is 0 Å². The fourth-order valence-corrected chi connectivity index (χ4v) is 3.17. The number of halogens is 1. The number of benzene rings is 2. The zero-order valence-electron chi connectivity index (χ0n) is 15.6. The van der Waals surface area contributed by atoms with Crippen LogP contribution in [0.1, 0.15) is 10.4 Å². The van der Waals surface area contributed by atoms with Gasteiger partial charge in [-0.05, 0) is 48.5 Å². The summed E-state index contributed by atoms with van der Waals surface area (Å²) in [5, 5.41) is 10.3. The van der Waals surface area contributed by atoms with Crippen LogP contribution in [0, 0.1) is 5.82 Å². The Morgan fingerprint density at radius 2 is 1.75 bits per heavy atom. The Bertz CT molecular complexity index is 762. The van der Waals surface area contributed by atoms with Crippen molar-refractivity contribution in [3.63, 3.8) is 0 Å². The third-order valence-corrected chi connectivity index (χ3v) is 4.72. The van der Waals surface area contributed by atoms with Crippen LogP contribution in [0.5, 0.6) is 5.75 Å². The number of amides is 1. The average Bonchev–Trinajstić information content (AvgIpc) is 2.73. The average molecular weight is 388 g/mol. The van der Waals surface area contributed by atoms with Crippen molar-refractivity contribution >= 4 is 11.6 Å². The fraction of sp³-hybridized carbons (Fsp3) is 0.350. The first-order chi connectivity index (χ1) is 13.5. The SMILES string of the molecule is NNC(=O)c1ccc(OC[C@@H](O)CN2CCN(c3ccc(F)cc3)CC2)cc1. The van der Waals surface area contributed by atoms with Crippen LogP contribution >= 0.6 is 0 Å². The molecule has 1 aliphatic heterocycles. The number of aliphatic hydroxyl groups excluding tert-OH is 1. The molecule has 3 rings (SSSR count). The van der Waals surface area contributed by atoms with E-state index in [0.717, 1.165) is 31.9 Å². The molecule has 150 valence electrons. The number of aliphatic hydroxyl groups is 1. The number of anilines is 1. The predicted molar refractivity (Wildman–Crippen MR) is 105 cm³/mol. The number of nitrogens with one attached hydrogen (secondary N) is 1. The van der Waals surface area contributed by atoms with E-state index in [-0.39, 0.29) is 18.3 Å². The second-order valence-electron chi connectivity index (χ2n) is 6.73. The van der Waals surface area contributed by atoms with Crippen molar-refractivity contribution in [1.82, 2.24) is 10.3 Å². The van der Waals surface area contributed by atoms with Crippen LogP contribution in [0.3, 0.4) is 0 Å². The molecule has 0 bridgehead atoms. The number of hydrogen-bond acceptors (Lipinski definition) is 6. The molecule has 4 N–H and O–H groups in total. The van der Waals surface area contributed by atoms with Crippen LogP contribution < -0.4 is 20.9 Å². The van der Waals surface area contributed by atoms with Crippen molar-refractivity contribution in [2.75, 3.05) is 44.2 Å². The quantitative estimate of drug-likeness (QED) is 0.372. The minimum atomic E-state index is -0.621. The largest absolute Gasteiger partial charge is 0.491 e. The molecule has 2 aromatic carbocycles. The molecule has 0 aliphatic carbocycles. The highest BCUT2D eigenvalue weighted by Crippen LogP contribution is 2.17. The van der Waals surface area contributed by atoms with Gasteiger partial charge in [0.05, 0.1) is 0 Å². The van der Waals surface area contributed by atoms with Crippen molar-refractivity contribution in [3.8, 4) is 5.75 Å². The lowest BCUT2D eigenvalue weighted by Gasteiger charge is -2.36. The maximum atomic E-state index is 13.0. The number of nitrogen functional groups attached to an aromatic ring is 1. The van der Waals surface area contributed by atoms with Crippen LogP contribution in [0.15, 0.2) is 48.5 Å². The normalized spacial score (nSPS) is 15.9. The number of carbonyl (C=O) groups is 1. The lowest BCUT2D eigenvalue weighted by molar-refractivity contribution is 0.0663. The van der Waals surface area contributed by atoms with Gasteiger partial charge in [-0.3, -0.25) is 15.1 Å². The van der Waals surface area contributed by atoms with Crippen molar-refractivity contribution < 1.29 is 19.0 Å². The Morgan fingerprint density at radius 3 is 2.36 bits per heavy atom. The molecule has 0 unspecified atom stereocenters. The Balaban J connectivity index is 1.40. The number of nitrogens with two attached hydrogens (primary N) is 1. The van der Waals surface area contributed by atoms with Gasteiger partial charge in [0.2, 0.25) is 0 Å². The number of rotatable bonds is 7. The Hall–Kier alpha value is -2.68. The van der Waals surface area contributed by atoms with E-state index in [0.29, 0.717) is 17.9 Å². The minimum Gasteiger partial charge on any atom is -0.491 e. The van der Waals surface area contributed by atoms with E-state index in [9.17, 15) is 14.3 Å². The molecule has 7 nitrogen and oxygen atoms in total. The number of hydrazine groups is 1. The first-order valence-corrected chi connectivity index (χ1v) is 9.20. The zero-order chi connectivity index (χ0) is 19.9. The summed E-state index contributed by atoms with van der Waals surface area (Å²) in [5.41, 5.74) is 3.52. The number of nitrogens with zero attached hydrogens (tertiary/aromatic N) is 2. The van der Waals surface area contributed by atoms with Crippen molar-refractivity contribution in [1.29, 1.82) is 0 Å². The maximum Gasteiger partial charge on any atom is 0.265 e. The number of β-amino-alcohol motifs (C(OH)–C–C–N with tert-alkyl or cyclic N) is 1. The first-order valence-electron chi connectivity index (χ1n) is 9.20. The van der Waals surface area contributed by atoms with Crippen LogP contribution in [-0.4, -0.2) is 61.3 Å². The summed E-state index contributed by atoms with van der Waals surface area (Å²) >= 11 is 0. The van der Waals surface area contributed by atoms with E-state index in [1.165, 1.54) is 12.1 Å². The number of ether oxygens (including phenoxy) is 1. The molecule has 0 saturated carbocycles. The van der Waals surface area contributed by atoms with E-state index < -0.39 is 6.10 Å². The van der Waals surface area contributed by atoms with Gasteiger partial charge in [-0.1, -0.05) is 0 Å². The van der Waals surface area contributed by atoms with E-state index in [2.05, 4.69) is 15.2 Å². The number of carbonyl (C=O) groups excluding carboxylic acids is 1. The van der Waals surface area contributed by atoms with E-state index >= 15 is 0 Å². The third kappa shape index (κ3) is 5.41. The summed E-state index contributed by atoms with van der Waals surface area (Å²) < 4.78 is 18.6. The summed E-state index contributed by atoms with van der Waals surface area (Å²) in [7, 11) is 0. The van der Waals surface area contributed by atoms with Gasteiger partial charge >= 0.3 is 0 Å². The summed E-state index contributed by atoms with van der Waals surface area (Å²) in [6.45, 7) is 3.97. The molecule has 1 atom stereocenters. The molecule has 1 aliphatic rings. The number of hydrogen-bond donors (Lipinski definition) is 3. The Labute approximate surface area is 163 Å². The minimum absolute atomic E-state index is 0.167. The van der Waals surface area contributed by atoms with Crippen molar-refractivity contribution in [2.45, 2.75) is 6.10 Å². The zero-order valence-corrected chi connectivity index (χ0v) is 15.6. The smallest absolute Gasteiger partial charge is 0.265 e. The predicted octanol–water partition coefficient (Wildman–Crippen LogP) is 0.991. The third-order valence-electron chi connectivity index (χ3n) is 4.72. The highest BCUT2D eigenvalue weighted by molar-refractivity contribution is 5.93. The molecule has 0 aromatic heterocycles. The fourth-order valence-electron chi connectivity index (χ4n) is 3.17. The van der Waals surface area contributed by atoms with Gasteiger partial charge in [-0.2, -0.15) is 0 Å². The van der Waals surface area contributed by atoms with Crippen molar-refractivity contribution in [2.24, 2.45) is 5.84 Å². The maximum absolute atomic E-state index is 13.0. The van der Waals surface area contributed by atoms with Crippen LogP contribution in [0.4, 0.5) is 10.1 Å². The lowest BCUT2D eigenvalue weighted by atomic mass is 10.2. The van der Waals surface area contributed by atoms with Gasteiger partial charge in [-0.15, -0.1) is 0 Å². The van der Waals surface area contributed by atoms with E-state index in [1.807, 2.05) is 0 Å². The van der Waals surface area contributed by atoms with Gasteiger partial charge < -0.3 is 14.7 Å². The molecule has 1 fully saturated rings. The summed E-state index contributed by atoms with van der Waals surface area (Å²) in [6, 6.07) is 13.1. The second kappa shape index (κ2) is 9.50. The van der Waals surface area contributed by atoms with Gasteiger partial charge in [0.25, 0.3) is 5.91 Å². The summed E-state index contributed by atoms with van der Waals surface area (Å²) in [4.78, 5) is 15.8. The summed E-state index contributed by atoms with van der Waals surface area (Å²) in [5.74, 6) is 5.07. The Morgan fingerprint density at radius 1 is 1.11 bits per heavy atom. The second-order valence-corrected chi connectivity index (χ2v) is 6.73. The molecule has 2 aromatic rings. The Kier molecular flexibility index (Phi) is 6.80. The highest BCUT2D eigenvalue weighted by Gasteiger charge is 2.20. The van der Waals surface area contributed by atoms with Crippen molar-refractivity contribution in [3.05, 3.63) is 59.9 Å². The standard InChI is InChI=1S/C20H25FN4O3/c21-16-3-5-17(6-4-16)25-11-9-24(10-12-25)13-18(26)14-28-19-7-1-15(2-8-19)20(27)23-22/h1-8,18,26H,9-14,22H2,(H,23,27)/t18-/m0/s1. The molecule has 1 saturated heterocycles. The number of piperazine rings is 1. The molecule has 1 heterocycles. The van der Waals surface area contributed by atoms with Crippen LogP contribution in [-0.2, 0) is 0 Å². The molecule has 28 heavy (non-hydrogen) atoms. The van der Waals surface area contributed by atoms with E-state index in [1.54, 1.807) is 36.4 Å². The molecule has 1 amide bonds. The van der Waals surface area contributed by atoms with Gasteiger partial charge in [0.15, 0.2) is 0 Å². The topological polar surface area (TPSA) is 91.1 Å². The van der Waals surface area contributed by atoms with E-state index in [4.69, 9.17) is 10.6 Å². The van der Waals surface area contributed by atoms with Crippen LogP contribution in [0.2, 0.25) is 0 Å². The van der Waals surface area contributed by atoms with Gasteiger partial charge in [0.1, 0.15) is 24.3 Å². The molecular formula is C20H25FN4O3. The first kappa shape index (κ1) is 20.1. The van der Waals surface area contributed by atoms with Gasteiger partial charge in [0, 0.05) is 44.0 Å². The molecule has 8 heteroatoms. The van der Waals surface area contributed by atoms with Gasteiger partial charge in [-0.25, -0.2) is 10.2 Å².